The van der Waals surface area contributed by atoms with Crippen LogP contribution < -0.4 is 14.2 Å². The number of benzene rings is 2. The molecule has 120 valence electrons. The van der Waals surface area contributed by atoms with Crippen molar-refractivity contribution in [3.05, 3.63) is 57.6 Å². The summed E-state index contributed by atoms with van der Waals surface area (Å²) in [5.74, 6) is 0.271. The zero-order valence-corrected chi connectivity index (χ0v) is 12.9. The van der Waals surface area contributed by atoms with Gasteiger partial charge in [-0.15, -0.1) is 0 Å². The molecule has 0 radical (unpaired) electrons. The second kappa shape index (κ2) is 6.78. The number of ether oxygens (including phenoxy) is 3. The summed E-state index contributed by atoms with van der Waals surface area (Å²) in [5, 5.41) is 11.1. The summed E-state index contributed by atoms with van der Waals surface area (Å²) in [6.07, 6.45) is 0. The first kappa shape index (κ1) is 16.3. The van der Waals surface area contributed by atoms with Crippen LogP contribution >= 0.6 is 0 Å². The molecule has 0 amide bonds. The largest absolute Gasteiger partial charge is 0.493 e. The molecule has 2 aromatic rings. The van der Waals surface area contributed by atoms with Crippen molar-refractivity contribution in [2.75, 3.05) is 21.3 Å². The average Bonchev–Trinajstić information content (AvgIpc) is 2.59. The van der Waals surface area contributed by atoms with E-state index in [1.54, 1.807) is 12.1 Å². The van der Waals surface area contributed by atoms with Gasteiger partial charge in [-0.3, -0.25) is 14.9 Å². The number of nitrogens with zero attached hydrogens (tertiary/aromatic N) is 1. The van der Waals surface area contributed by atoms with Crippen molar-refractivity contribution in [3.8, 4) is 17.2 Å². The number of nitro groups is 1. The Balaban J connectivity index is 2.63. The first-order chi connectivity index (χ1) is 11.0. The molecule has 0 saturated heterocycles. The van der Waals surface area contributed by atoms with Crippen LogP contribution in [0.3, 0.4) is 0 Å². The minimum Gasteiger partial charge on any atom is -0.493 e. The Morgan fingerprint density at radius 1 is 0.913 bits per heavy atom. The van der Waals surface area contributed by atoms with Crippen LogP contribution in [0, 0.1) is 10.1 Å². The highest BCUT2D eigenvalue weighted by Crippen LogP contribution is 2.41. The lowest BCUT2D eigenvalue weighted by Crippen LogP contribution is -2.08. The Labute approximate surface area is 132 Å². The van der Waals surface area contributed by atoms with Gasteiger partial charge in [0.1, 0.15) is 5.56 Å². The predicted molar refractivity (Wildman–Crippen MR) is 82.6 cm³/mol. The molecule has 0 aliphatic heterocycles. The van der Waals surface area contributed by atoms with E-state index >= 15 is 0 Å². The third kappa shape index (κ3) is 2.94. The van der Waals surface area contributed by atoms with Gasteiger partial charge in [-0.05, 0) is 18.2 Å². The number of rotatable bonds is 6. The lowest BCUT2D eigenvalue weighted by atomic mass is 10.00. The van der Waals surface area contributed by atoms with Gasteiger partial charge in [-0.25, -0.2) is 0 Å². The van der Waals surface area contributed by atoms with Crippen LogP contribution in [-0.4, -0.2) is 32.0 Å². The summed E-state index contributed by atoms with van der Waals surface area (Å²) in [6, 6.07) is 8.77. The van der Waals surface area contributed by atoms with Crippen LogP contribution in [0.1, 0.15) is 15.9 Å². The molecule has 0 unspecified atom stereocenters. The summed E-state index contributed by atoms with van der Waals surface area (Å²) in [7, 11) is 4.26. The molecule has 0 bridgehead atoms. The molecule has 0 atom stereocenters. The van der Waals surface area contributed by atoms with Crippen molar-refractivity contribution in [2.24, 2.45) is 0 Å². The molecule has 0 aromatic heterocycles. The number of carbonyl (C=O) groups is 1. The van der Waals surface area contributed by atoms with Crippen molar-refractivity contribution in [1.29, 1.82) is 0 Å². The number of para-hydroxylation sites is 1. The highest BCUT2D eigenvalue weighted by Gasteiger charge is 2.26. The third-order valence-electron chi connectivity index (χ3n) is 3.29. The van der Waals surface area contributed by atoms with E-state index in [0.717, 1.165) is 0 Å². The van der Waals surface area contributed by atoms with E-state index in [4.69, 9.17) is 14.2 Å². The Morgan fingerprint density at radius 2 is 1.57 bits per heavy atom. The van der Waals surface area contributed by atoms with E-state index in [1.807, 2.05) is 0 Å². The van der Waals surface area contributed by atoms with Crippen molar-refractivity contribution in [2.45, 2.75) is 0 Å². The summed E-state index contributed by atoms with van der Waals surface area (Å²) in [5.41, 5.74) is -0.142. The number of hydrogen-bond donors (Lipinski definition) is 0. The minimum atomic E-state index is -0.597. The van der Waals surface area contributed by atoms with Crippen molar-refractivity contribution < 1.29 is 23.9 Å². The van der Waals surface area contributed by atoms with Crippen LogP contribution in [0.25, 0.3) is 0 Å². The molecular formula is C16H15NO6. The fourth-order valence-electron chi connectivity index (χ4n) is 2.25. The first-order valence-electron chi connectivity index (χ1n) is 6.62. The molecule has 0 aliphatic rings. The van der Waals surface area contributed by atoms with Crippen molar-refractivity contribution in [3.63, 3.8) is 0 Å². The fourth-order valence-corrected chi connectivity index (χ4v) is 2.25. The van der Waals surface area contributed by atoms with Gasteiger partial charge < -0.3 is 14.2 Å². The van der Waals surface area contributed by atoms with Crippen LogP contribution in [0.2, 0.25) is 0 Å². The fraction of sp³-hybridized carbons (Fsp3) is 0.188. The lowest BCUT2D eigenvalue weighted by molar-refractivity contribution is -0.385. The maximum atomic E-state index is 12.7. The van der Waals surface area contributed by atoms with E-state index in [0.29, 0.717) is 5.75 Å². The van der Waals surface area contributed by atoms with Crippen LogP contribution in [0.4, 0.5) is 5.69 Å². The molecule has 7 heteroatoms. The molecule has 0 spiro atoms. The van der Waals surface area contributed by atoms with E-state index in [2.05, 4.69) is 0 Å². The Morgan fingerprint density at radius 3 is 2.13 bits per heavy atom. The van der Waals surface area contributed by atoms with Crippen LogP contribution in [0.5, 0.6) is 17.2 Å². The second-order valence-corrected chi connectivity index (χ2v) is 4.49. The molecule has 7 nitrogen and oxygen atoms in total. The van der Waals surface area contributed by atoms with E-state index < -0.39 is 10.7 Å². The van der Waals surface area contributed by atoms with Gasteiger partial charge in [-0.1, -0.05) is 12.1 Å². The molecule has 0 fully saturated rings. The summed E-state index contributed by atoms with van der Waals surface area (Å²) >= 11 is 0. The van der Waals surface area contributed by atoms with E-state index in [9.17, 15) is 14.9 Å². The van der Waals surface area contributed by atoms with Gasteiger partial charge in [-0.2, -0.15) is 0 Å². The SMILES string of the molecule is COc1ccc(C(=O)c2ccccc2[N+](=O)[O-])c(OC)c1OC. The maximum Gasteiger partial charge on any atom is 0.280 e. The standard InChI is InChI=1S/C16H15NO6/c1-21-13-9-8-11(15(22-2)16(13)23-3)14(18)10-6-4-5-7-12(10)17(19)20/h4-9H,1-3H3. The van der Waals surface area contributed by atoms with Gasteiger partial charge in [0.25, 0.3) is 5.69 Å². The summed E-state index contributed by atoms with van der Waals surface area (Å²) < 4.78 is 15.6. The molecule has 0 saturated carbocycles. The Kier molecular flexibility index (Phi) is 4.80. The number of nitro benzene ring substituents is 1. The molecular weight excluding hydrogens is 302 g/mol. The molecule has 23 heavy (non-hydrogen) atoms. The van der Waals surface area contributed by atoms with Gasteiger partial charge in [0, 0.05) is 6.07 Å². The third-order valence-corrected chi connectivity index (χ3v) is 3.29. The zero-order valence-electron chi connectivity index (χ0n) is 12.9. The normalized spacial score (nSPS) is 10.0. The number of ketones is 1. The van der Waals surface area contributed by atoms with Crippen LogP contribution in [0.15, 0.2) is 36.4 Å². The molecule has 2 rings (SSSR count). The van der Waals surface area contributed by atoms with Gasteiger partial charge in [0.2, 0.25) is 11.5 Å². The quantitative estimate of drug-likeness (QED) is 0.462. The Hall–Kier alpha value is -3.09. The van der Waals surface area contributed by atoms with Crippen molar-refractivity contribution in [1.82, 2.24) is 0 Å². The second-order valence-electron chi connectivity index (χ2n) is 4.49. The lowest BCUT2D eigenvalue weighted by Gasteiger charge is -2.15. The van der Waals surface area contributed by atoms with Crippen LogP contribution in [-0.2, 0) is 0 Å². The highest BCUT2D eigenvalue weighted by molar-refractivity contribution is 6.13. The van der Waals surface area contributed by atoms with Gasteiger partial charge in [0.15, 0.2) is 11.5 Å². The summed E-state index contributed by atoms with van der Waals surface area (Å²) in [6.45, 7) is 0. The molecule has 2 aromatic carbocycles. The average molecular weight is 317 g/mol. The summed E-state index contributed by atoms with van der Waals surface area (Å²) in [4.78, 5) is 23.3. The van der Waals surface area contributed by atoms with E-state index in [-0.39, 0.29) is 28.3 Å². The topological polar surface area (TPSA) is 87.9 Å². The molecule has 0 heterocycles. The van der Waals surface area contributed by atoms with E-state index in [1.165, 1.54) is 45.6 Å². The van der Waals surface area contributed by atoms with Gasteiger partial charge in [0.05, 0.1) is 31.8 Å². The highest BCUT2D eigenvalue weighted by atomic mass is 16.6. The monoisotopic (exact) mass is 317 g/mol. The Bertz CT molecular complexity index is 756. The smallest absolute Gasteiger partial charge is 0.280 e. The molecule has 0 N–H and O–H groups in total. The predicted octanol–water partition coefficient (Wildman–Crippen LogP) is 2.85. The first-order valence-corrected chi connectivity index (χ1v) is 6.62. The van der Waals surface area contributed by atoms with Crippen molar-refractivity contribution >= 4 is 11.5 Å². The number of methoxy groups -OCH3 is 3. The zero-order chi connectivity index (χ0) is 17.0. The molecule has 0 aliphatic carbocycles. The number of carbonyl (C=O) groups excluding carboxylic acids is 1. The maximum absolute atomic E-state index is 12.7. The van der Waals surface area contributed by atoms with Gasteiger partial charge >= 0.3 is 0 Å². The minimum absolute atomic E-state index is 0.0250. The number of hydrogen-bond acceptors (Lipinski definition) is 6.